The molecule has 0 aromatic heterocycles. The first-order valence-corrected chi connectivity index (χ1v) is 8.27. The molecule has 0 heterocycles. The molecule has 3 heteroatoms. The third kappa shape index (κ3) is 2.08. The Bertz CT molecular complexity index is 535. The van der Waals surface area contributed by atoms with Crippen molar-refractivity contribution in [2.45, 2.75) is 60.8 Å². The lowest BCUT2D eigenvalue weighted by molar-refractivity contribution is -0.143. The van der Waals surface area contributed by atoms with E-state index >= 15 is 0 Å². The van der Waals surface area contributed by atoms with Gasteiger partial charge in [-0.3, -0.25) is 9.59 Å². The van der Waals surface area contributed by atoms with Gasteiger partial charge in [-0.05, 0) is 30.1 Å². The van der Waals surface area contributed by atoms with Crippen molar-refractivity contribution in [2.75, 3.05) is 7.05 Å². The van der Waals surface area contributed by atoms with Gasteiger partial charge in [0.25, 0.3) is 0 Å². The molecule has 22 heavy (non-hydrogen) atoms. The van der Waals surface area contributed by atoms with E-state index in [2.05, 4.69) is 32.7 Å². The average Bonchev–Trinajstić information content (AvgIpc) is 2.87. The molecule has 3 atom stereocenters. The van der Waals surface area contributed by atoms with Crippen LogP contribution in [0.15, 0.2) is 12.2 Å². The van der Waals surface area contributed by atoms with E-state index in [1.807, 2.05) is 20.8 Å². The van der Waals surface area contributed by atoms with Gasteiger partial charge in [0.1, 0.15) is 5.78 Å². The summed E-state index contributed by atoms with van der Waals surface area (Å²) in [7, 11) is 1.67. The Morgan fingerprint density at radius 1 is 1.18 bits per heavy atom. The van der Waals surface area contributed by atoms with Crippen LogP contribution in [0.25, 0.3) is 0 Å². The normalized spacial score (nSPS) is 34.9. The molecule has 2 rings (SSSR count). The summed E-state index contributed by atoms with van der Waals surface area (Å²) in [5.74, 6) is 0.0341. The van der Waals surface area contributed by atoms with Crippen LogP contribution in [0.5, 0.6) is 0 Å². The van der Waals surface area contributed by atoms with Gasteiger partial charge in [0, 0.05) is 18.4 Å². The Morgan fingerprint density at radius 2 is 1.73 bits per heavy atom. The summed E-state index contributed by atoms with van der Waals surface area (Å²) in [4.78, 5) is 25.8. The summed E-state index contributed by atoms with van der Waals surface area (Å²) in [6, 6.07) is 0. The van der Waals surface area contributed by atoms with E-state index in [-0.39, 0.29) is 28.4 Å². The number of hydrogen-bond donors (Lipinski definition) is 1. The maximum Gasteiger partial charge on any atom is 0.227 e. The second-order valence-corrected chi connectivity index (χ2v) is 9.40. The molecule has 0 aromatic carbocycles. The zero-order chi connectivity index (χ0) is 17.1. The lowest BCUT2D eigenvalue weighted by Crippen LogP contribution is -2.47. The van der Waals surface area contributed by atoms with Crippen LogP contribution in [0.2, 0.25) is 0 Å². The van der Waals surface area contributed by atoms with Gasteiger partial charge in [-0.25, -0.2) is 0 Å². The Hall–Kier alpha value is -1.12. The number of hydrogen-bond acceptors (Lipinski definition) is 2. The van der Waals surface area contributed by atoms with E-state index in [0.29, 0.717) is 6.42 Å². The van der Waals surface area contributed by atoms with Crippen molar-refractivity contribution in [3.63, 3.8) is 0 Å². The van der Waals surface area contributed by atoms with Crippen molar-refractivity contribution in [3.8, 4) is 0 Å². The molecule has 0 aliphatic heterocycles. The topological polar surface area (TPSA) is 46.2 Å². The van der Waals surface area contributed by atoms with Gasteiger partial charge in [-0.1, -0.05) is 53.7 Å². The van der Waals surface area contributed by atoms with Gasteiger partial charge in [-0.2, -0.15) is 0 Å². The minimum atomic E-state index is -0.594. The minimum absolute atomic E-state index is 0.00672. The number of allylic oxidation sites excluding steroid dienone is 1. The van der Waals surface area contributed by atoms with E-state index in [1.54, 1.807) is 7.05 Å². The molecule has 2 bridgehead atoms. The minimum Gasteiger partial charge on any atom is -0.359 e. The number of amides is 1. The molecule has 2 aliphatic carbocycles. The van der Waals surface area contributed by atoms with Gasteiger partial charge in [-0.15, -0.1) is 0 Å². The SMILES string of the molecule is C=C1C[C@@]2(C(=O)NC)C[C@]1(C(C)(C)C)C[C@H]2C(=O)C(C)(C)C. The van der Waals surface area contributed by atoms with Crippen LogP contribution in [-0.2, 0) is 9.59 Å². The quantitative estimate of drug-likeness (QED) is 0.790. The number of nitrogens with one attached hydrogen (secondary N) is 1. The first-order valence-electron chi connectivity index (χ1n) is 8.27. The first kappa shape index (κ1) is 17.2. The third-order valence-electron chi connectivity index (χ3n) is 6.21. The van der Waals surface area contributed by atoms with E-state index in [9.17, 15) is 9.59 Å². The smallest absolute Gasteiger partial charge is 0.227 e. The maximum atomic E-state index is 13.0. The van der Waals surface area contributed by atoms with Crippen LogP contribution in [0, 0.1) is 27.6 Å². The summed E-state index contributed by atoms with van der Waals surface area (Å²) in [6.45, 7) is 16.8. The molecule has 0 saturated heterocycles. The average molecular weight is 305 g/mol. The fourth-order valence-corrected chi connectivity index (χ4v) is 4.82. The summed E-state index contributed by atoms with van der Waals surface area (Å²) in [5, 5.41) is 2.82. The third-order valence-corrected chi connectivity index (χ3v) is 6.21. The number of Topliss-reactive ketones (excluding diaryl/α,β-unsaturated/α-hetero) is 1. The number of carbonyl (C=O) groups is 2. The van der Waals surface area contributed by atoms with Crippen molar-refractivity contribution < 1.29 is 9.59 Å². The highest BCUT2D eigenvalue weighted by Gasteiger charge is 2.69. The Labute approximate surface area is 134 Å². The van der Waals surface area contributed by atoms with Crippen molar-refractivity contribution in [3.05, 3.63) is 12.2 Å². The molecule has 1 amide bonds. The van der Waals surface area contributed by atoms with Crippen LogP contribution in [0.1, 0.15) is 60.8 Å². The van der Waals surface area contributed by atoms with E-state index in [4.69, 9.17) is 0 Å². The molecule has 0 aromatic rings. The molecule has 2 aliphatic rings. The molecule has 0 radical (unpaired) electrons. The predicted octanol–water partition coefficient (Wildman–Crippen LogP) is 3.74. The summed E-state index contributed by atoms with van der Waals surface area (Å²) < 4.78 is 0. The number of carbonyl (C=O) groups excluding carboxylic acids is 2. The lowest BCUT2D eigenvalue weighted by Gasteiger charge is -2.44. The highest BCUT2D eigenvalue weighted by atomic mass is 16.2. The van der Waals surface area contributed by atoms with Gasteiger partial charge < -0.3 is 5.32 Å². The first-order chi connectivity index (χ1) is 9.82. The predicted molar refractivity (Wildman–Crippen MR) is 89.3 cm³/mol. The monoisotopic (exact) mass is 305 g/mol. The zero-order valence-electron chi connectivity index (χ0n) is 15.2. The number of rotatable bonds is 2. The molecule has 3 nitrogen and oxygen atoms in total. The highest BCUT2D eigenvalue weighted by Crippen LogP contribution is 2.72. The van der Waals surface area contributed by atoms with E-state index in [0.717, 1.165) is 18.4 Å². The summed E-state index contributed by atoms with van der Waals surface area (Å²) >= 11 is 0. The lowest BCUT2D eigenvalue weighted by atomic mass is 9.59. The second kappa shape index (κ2) is 4.69. The van der Waals surface area contributed by atoms with Crippen molar-refractivity contribution in [2.24, 2.45) is 27.6 Å². The van der Waals surface area contributed by atoms with Crippen LogP contribution >= 0.6 is 0 Å². The standard InChI is InChI=1S/C19H31NO2/c1-12-9-18(15(22)20-8)11-19(12,17(5,6)7)10-13(18)14(21)16(2,3)4/h13H,1,9-11H2,2-8H3,(H,20,22)/t13-,18+,19+/m0/s1. The van der Waals surface area contributed by atoms with Gasteiger partial charge in [0.15, 0.2) is 0 Å². The molecular weight excluding hydrogens is 274 g/mol. The second-order valence-electron chi connectivity index (χ2n) is 9.40. The fraction of sp³-hybridized carbons (Fsp3) is 0.789. The van der Waals surface area contributed by atoms with Crippen LogP contribution < -0.4 is 5.32 Å². The maximum absolute atomic E-state index is 13.0. The summed E-state index contributed by atoms with van der Waals surface area (Å²) in [6.07, 6.45) is 2.17. The molecule has 2 saturated carbocycles. The van der Waals surface area contributed by atoms with Crippen LogP contribution in [-0.4, -0.2) is 18.7 Å². The molecule has 0 unspecified atom stereocenters. The van der Waals surface area contributed by atoms with Crippen molar-refractivity contribution >= 4 is 11.7 Å². The number of fused-ring (bicyclic) bond motifs is 2. The van der Waals surface area contributed by atoms with E-state index in [1.165, 1.54) is 0 Å². The molecule has 0 spiro atoms. The Kier molecular flexibility index (Phi) is 3.67. The molecular formula is C19H31NO2. The fourth-order valence-electron chi connectivity index (χ4n) is 4.82. The Morgan fingerprint density at radius 3 is 2.14 bits per heavy atom. The Balaban J connectivity index is 2.56. The van der Waals surface area contributed by atoms with Crippen molar-refractivity contribution in [1.82, 2.24) is 5.32 Å². The van der Waals surface area contributed by atoms with Gasteiger partial charge >= 0.3 is 0 Å². The largest absolute Gasteiger partial charge is 0.359 e. The summed E-state index contributed by atoms with van der Waals surface area (Å²) in [5.41, 5.74) is 0.0410. The number of ketones is 1. The van der Waals surface area contributed by atoms with Crippen LogP contribution in [0.4, 0.5) is 0 Å². The van der Waals surface area contributed by atoms with E-state index < -0.39 is 10.8 Å². The molecule has 2 fully saturated rings. The van der Waals surface area contributed by atoms with Crippen LogP contribution in [0.3, 0.4) is 0 Å². The molecule has 1 N–H and O–H groups in total. The molecule has 124 valence electrons. The van der Waals surface area contributed by atoms with Gasteiger partial charge in [0.2, 0.25) is 5.91 Å². The zero-order valence-corrected chi connectivity index (χ0v) is 15.2. The van der Waals surface area contributed by atoms with Crippen molar-refractivity contribution in [1.29, 1.82) is 0 Å². The van der Waals surface area contributed by atoms with Gasteiger partial charge in [0.05, 0.1) is 5.41 Å². The highest BCUT2D eigenvalue weighted by molar-refractivity contribution is 5.95.